The molecule has 1 heterocycles. The maximum absolute atomic E-state index is 13.7. The third kappa shape index (κ3) is 3.88. The van der Waals surface area contributed by atoms with Crippen LogP contribution in [0, 0.1) is 17.6 Å². The molecule has 1 aromatic carbocycles. The molecular formula is C17H20F4N2O. The molecule has 1 N–H and O–H groups in total. The fourth-order valence-corrected chi connectivity index (χ4v) is 3.43. The Bertz CT molecular complexity index is 582. The molecule has 1 saturated carbocycles. The molecule has 1 aromatic rings. The molecule has 0 radical (unpaired) electrons. The van der Waals surface area contributed by atoms with E-state index in [1.54, 1.807) is 4.90 Å². The maximum atomic E-state index is 13.7. The summed E-state index contributed by atoms with van der Waals surface area (Å²) in [5.74, 6) is -2.25. The van der Waals surface area contributed by atoms with Gasteiger partial charge in [-0.1, -0.05) is 6.07 Å². The molecule has 1 aliphatic carbocycles. The molecule has 0 bridgehead atoms. The number of hydrogen-bond donors (Lipinski definition) is 1. The molecule has 3 rings (SSSR count). The van der Waals surface area contributed by atoms with Crippen LogP contribution in [0.3, 0.4) is 0 Å². The van der Waals surface area contributed by atoms with Gasteiger partial charge in [0.25, 0.3) is 6.43 Å². The van der Waals surface area contributed by atoms with E-state index in [9.17, 15) is 22.4 Å². The molecule has 2 atom stereocenters. The van der Waals surface area contributed by atoms with Gasteiger partial charge < -0.3 is 5.32 Å². The van der Waals surface area contributed by atoms with Crippen LogP contribution in [0.15, 0.2) is 18.2 Å². The van der Waals surface area contributed by atoms with Gasteiger partial charge in [0.2, 0.25) is 5.91 Å². The van der Waals surface area contributed by atoms with Gasteiger partial charge in [-0.25, -0.2) is 17.6 Å². The third-order valence-corrected chi connectivity index (χ3v) is 4.83. The number of likely N-dealkylation sites (tertiary alicyclic amines) is 1. The van der Waals surface area contributed by atoms with Crippen LogP contribution in [0.1, 0.15) is 30.7 Å². The first-order valence-electron chi connectivity index (χ1n) is 8.20. The molecule has 1 aliphatic heterocycles. The molecule has 132 valence electrons. The highest BCUT2D eigenvalue weighted by atomic mass is 19.3. The minimum atomic E-state index is -2.35. The van der Waals surface area contributed by atoms with Crippen LogP contribution < -0.4 is 5.32 Å². The Morgan fingerprint density at radius 1 is 1.21 bits per heavy atom. The van der Waals surface area contributed by atoms with Crippen molar-refractivity contribution in [3.8, 4) is 0 Å². The Morgan fingerprint density at radius 3 is 2.42 bits per heavy atom. The number of hydrogen-bond acceptors (Lipinski definition) is 2. The van der Waals surface area contributed by atoms with E-state index in [1.165, 1.54) is 18.2 Å². The lowest BCUT2D eigenvalue weighted by atomic mass is 10.0. The Labute approximate surface area is 138 Å². The summed E-state index contributed by atoms with van der Waals surface area (Å²) < 4.78 is 52.2. The molecule has 0 spiro atoms. The minimum absolute atomic E-state index is 0.00981. The number of piperidine rings is 1. The summed E-state index contributed by atoms with van der Waals surface area (Å²) in [4.78, 5) is 13.9. The molecule has 1 saturated heterocycles. The van der Waals surface area contributed by atoms with Crippen molar-refractivity contribution in [1.29, 1.82) is 0 Å². The monoisotopic (exact) mass is 344 g/mol. The number of benzene rings is 1. The van der Waals surface area contributed by atoms with Crippen LogP contribution >= 0.6 is 0 Å². The Balaban J connectivity index is 1.49. The van der Waals surface area contributed by atoms with Crippen LogP contribution in [0.2, 0.25) is 0 Å². The second-order valence-electron chi connectivity index (χ2n) is 6.56. The van der Waals surface area contributed by atoms with Gasteiger partial charge >= 0.3 is 0 Å². The highest BCUT2D eigenvalue weighted by molar-refractivity contribution is 5.83. The van der Waals surface area contributed by atoms with Crippen LogP contribution in [0.5, 0.6) is 0 Å². The van der Waals surface area contributed by atoms with Gasteiger partial charge in [0.15, 0.2) is 0 Å². The quantitative estimate of drug-likeness (QED) is 0.833. The molecule has 24 heavy (non-hydrogen) atoms. The molecule has 2 aliphatic rings. The second-order valence-corrected chi connectivity index (χ2v) is 6.56. The number of carbonyl (C=O) groups excluding carboxylic acids is 1. The lowest BCUT2D eigenvalue weighted by Crippen LogP contribution is -2.46. The first-order chi connectivity index (χ1) is 11.5. The average molecular weight is 344 g/mol. The van der Waals surface area contributed by atoms with Crippen LogP contribution in [0.25, 0.3) is 0 Å². The topological polar surface area (TPSA) is 32.3 Å². The van der Waals surface area contributed by atoms with E-state index in [2.05, 4.69) is 5.32 Å². The first-order valence-corrected chi connectivity index (χ1v) is 8.20. The summed E-state index contributed by atoms with van der Waals surface area (Å²) in [5.41, 5.74) is -0.00981. The van der Waals surface area contributed by atoms with Crippen LogP contribution in [0.4, 0.5) is 17.6 Å². The smallest absolute Gasteiger partial charge is 0.251 e. The van der Waals surface area contributed by atoms with Crippen molar-refractivity contribution < 1.29 is 22.4 Å². The van der Waals surface area contributed by atoms with Crippen molar-refractivity contribution >= 4 is 5.91 Å². The Kier molecular flexibility index (Phi) is 5.08. The summed E-state index contributed by atoms with van der Waals surface area (Å²) in [6.07, 6.45) is -0.680. The third-order valence-electron chi connectivity index (χ3n) is 4.83. The van der Waals surface area contributed by atoms with E-state index in [0.717, 1.165) is 0 Å². The maximum Gasteiger partial charge on any atom is 0.251 e. The fraction of sp³-hybridized carbons (Fsp3) is 0.588. The van der Waals surface area contributed by atoms with Gasteiger partial charge in [0.05, 0.1) is 6.54 Å². The van der Waals surface area contributed by atoms with Crippen molar-refractivity contribution in [2.24, 2.45) is 5.92 Å². The van der Waals surface area contributed by atoms with Crippen molar-refractivity contribution in [1.82, 2.24) is 10.2 Å². The normalized spacial score (nSPS) is 25.0. The van der Waals surface area contributed by atoms with E-state index in [1.807, 2.05) is 0 Å². The van der Waals surface area contributed by atoms with Gasteiger partial charge in [-0.2, -0.15) is 0 Å². The number of rotatable bonds is 5. The summed E-state index contributed by atoms with van der Waals surface area (Å²) >= 11 is 0. The minimum Gasteiger partial charge on any atom is -0.353 e. The zero-order valence-corrected chi connectivity index (χ0v) is 13.2. The number of alkyl halides is 2. The molecule has 7 heteroatoms. The van der Waals surface area contributed by atoms with E-state index in [4.69, 9.17) is 0 Å². The molecular weight excluding hydrogens is 324 g/mol. The zero-order valence-electron chi connectivity index (χ0n) is 13.2. The first kappa shape index (κ1) is 17.2. The number of carbonyl (C=O) groups is 1. The lowest BCUT2D eigenvalue weighted by molar-refractivity contribution is -0.123. The van der Waals surface area contributed by atoms with E-state index in [-0.39, 0.29) is 24.1 Å². The predicted octanol–water partition coefficient (Wildman–Crippen LogP) is 2.91. The Morgan fingerprint density at radius 2 is 1.83 bits per heavy atom. The highest BCUT2D eigenvalue weighted by Crippen LogP contribution is 2.49. The van der Waals surface area contributed by atoms with Gasteiger partial charge in [-0.3, -0.25) is 9.69 Å². The average Bonchev–Trinajstić information content (AvgIpc) is 3.29. The lowest BCUT2D eigenvalue weighted by Gasteiger charge is -2.32. The molecule has 0 aromatic heterocycles. The summed E-state index contributed by atoms with van der Waals surface area (Å²) in [6, 6.07) is 3.64. The highest BCUT2D eigenvalue weighted by Gasteiger charge is 2.47. The van der Waals surface area contributed by atoms with E-state index < -0.39 is 29.9 Å². The van der Waals surface area contributed by atoms with Crippen molar-refractivity contribution in [3.63, 3.8) is 0 Å². The van der Waals surface area contributed by atoms with E-state index in [0.29, 0.717) is 32.4 Å². The SMILES string of the molecule is O=C(NC1CCN(CC(F)F)CC1)[C@H]1C[C@H]1c1c(F)cccc1F. The van der Waals surface area contributed by atoms with Gasteiger partial charge in [-0.15, -0.1) is 0 Å². The summed E-state index contributed by atoms with van der Waals surface area (Å²) in [5, 5.41) is 2.90. The van der Waals surface area contributed by atoms with Gasteiger partial charge in [0, 0.05) is 36.5 Å². The standard InChI is InChI=1S/C17H20F4N2O/c18-13-2-1-3-14(19)16(13)11-8-12(11)17(24)22-10-4-6-23(7-5-10)9-15(20)21/h1-3,10-12,15H,4-9H2,(H,22,24)/t11-,12+/m1/s1. The predicted molar refractivity (Wildman–Crippen MR) is 80.8 cm³/mol. The van der Waals surface area contributed by atoms with Crippen molar-refractivity contribution in [2.75, 3.05) is 19.6 Å². The number of nitrogens with one attached hydrogen (secondary N) is 1. The molecule has 2 fully saturated rings. The van der Waals surface area contributed by atoms with Crippen molar-refractivity contribution in [2.45, 2.75) is 37.6 Å². The van der Waals surface area contributed by atoms with Crippen LogP contribution in [-0.4, -0.2) is 42.9 Å². The fourth-order valence-electron chi connectivity index (χ4n) is 3.43. The van der Waals surface area contributed by atoms with Crippen LogP contribution in [-0.2, 0) is 4.79 Å². The molecule has 0 unspecified atom stereocenters. The van der Waals surface area contributed by atoms with E-state index >= 15 is 0 Å². The molecule has 1 amide bonds. The zero-order chi connectivity index (χ0) is 17.3. The van der Waals surface area contributed by atoms with Crippen molar-refractivity contribution in [3.05, 3.63) is 35.4 Å². The molecule has 3 nitrogen and oxygen atoms in total. The second kappa shape index (κ2) is 7.09. The number of halogens is 4. The summed E-state index contributed by atoms with van der Waals surface area (Å²) in [6.45, 7) is 0.800. The van der Waals surface area contributed by atoms with Gasteiger partial charge in [0.1, 0.15) is 11.6 Å². The summed E-state index contributed by atoms with van der Waals surface area (Å²) in [7, 11) is 0. The van der Waals surface area contributed by atoms with Gasteiger partial charge in [-0.05, 0) is 31.4 Å². The largest absolute Gasteiger partial charge is 0.353 e. The number of amides is 1. The number of nitrogens with zero attached hydrogens (tertiary/aromatic N) is 1. The Hall–Kier alpha value is -1.63.